The van der Waals surface area contributed by atoms with E-state index in [9.17, 15) is 5.11 Å². The molecular formula is C18H25Cl2NO3. The van der Waals surface area contributed by atoms with Crippen LogP contribution in [0.4, 0.5) is 0 Å². The lowest BCUT2D eigenvalue weighted by molar-refractivity contribution is -0.188. The summed E-state index contributed by atoms with van der Waals surface area (Å²) < 4.78 is 11.8. The fourth-order valence-electron chi connectivity index (χ4n) is 4.38. The predicted molar refractivity (Wildman–Crippen MR) is 95.5 cm³/mol. The number of hydrogen-bond acceptors (Lipinski definition) is 4. The molecule has 0 aromatic heterocycles. The van der Waals surface area contributed by atoms with Gasteiger partial charge in [-0.3, -0.25) is 0 Å². The third kappa shape index (κ3) is 3.33. The second-order valence-corrected chi connectivity index (χ2v) is 7.65. The van der Waals surface area contributed by atoms with Crippen LogP contribution in [0.2, 0.25) is 10.0 Å². The summed E-state index contributed by atoms with van der Waals surface area (Å²) in [6, 6.07) is 5.85. The largest absolute Gasteiger partial charge is 0.396 e. The van der Waals surface area contributed by atoms with Crippen molar-refractivity contribution < 1.29 is 14.6 Å². The highest BCUT2D eigenvalue weighted by Crippen LogP contribution is 2.51. The van der Waals surface area contributed by atoms with Gasteiger partial charge in [0.05, 0.1) is 23.3 Å². The van der Waals surface area contributed by atoms with Gasteiger partial charge in [0, 0.05) is 19.4 Å². The number of aliphatic hydroxyl groups is 1. The SMILES string of the molecule is NCC(CCO)C1(c2ccc(Cl)c(Cl)c2)CCC2(CC1)OCCO2. The maximum absolute atomic E-state index is 9.51. The number of halogens is 2. The molecular weight excluding hydrogens is 349 g/mol. The minimum absolute atomic E-state index is 0.128. The van der Waals surface area contributed by atoms with Crippen molar-refractivity contribution in [3.63, 3.8) is 0 Å². The minimum atomic E-state index is -0.432. The molecule has 1 unspecified atom stereocenters. The first-order valence-electron chi connectivity index (χ1n) is 8.60. The zero-order valence-electron chi connectivity index (χ0n) is 13.8. The van der Waals surface area contributed by atoms with Crippen LogP contribution in [0.5, 0.6) is 0 Å². The summed E-state index contributed by atoms with van der Waals surface area (Å²) in [6.07, 6.45) is 4.12. The first kappa shape index (κ1) is 18.4. The number of rotatable bonds is 5. The van der Waals surface area contributed by atoms with Gasteiger partial charge in [-0.25, -0.2) is 0 Å². The maximum atomic E-state index is 9.51. The molecule has 1 saturated carbocycles. The Morgan fingerprint density at radius 3 is 2.29 bits per heavy atom. The van der Waals surface area contributed by atoms with Crippen LogP contribution >= 0.6 is 23.2 Å². The molecule has 3 N–H and O–H groups in total. The Labute approximate surface area is 153 Å². The molecule has 1 heterocycles. The van der Waals surface area contributed by atoms with Gasteiger partial charge in [-0.1, -0.05) is 29.3 Å². The molecule has 1 saturated heterocycles. The van der Waals surface area contributed by atoms with E-state index in [2.05, 4.69) is 0 Å². The van der Waals surface area contributed by atoms with Crippen LogP contribution < -0.4 is 5.73 Å². The zero-order chi connectivity index (χ0) is 17.2. The van der Waals surface area contributed by atoms with Crippen LogP contribution in [-0.4, -0.2) is 37.3 Å². The highest BCUT2D eigenvalue weighted by atomic mass is 35.5. The molecule has 24 heavy (non-hydrogen) atoms. The van der Waals surface area contributed by atoms with E-state index in [0.717, 1.165) is 31.2 Å². The lowest BCUT2D eigenvalue weighted by atomic mass is 9.60. The average Bonchev–Trinajstić information content (AvgIpc) is 3.05. The van der Waals surface area contributed by atoms with E-state index < -0.39 is 5.79 Å². The van der Waals surface area contributed by atoms with E-state index in [4.69, 9.17) is 38.4 Å². The number of ether oxygens (including phenoxy) is 2. The van der Waals surface area contributed by atoms with Gasteiger partial charge in [0.15, 0.2) is 5.79 Å². The predicted octanol–water partition coefficient (Wildman–Crippen LogP) is 3.51. The summed E-state index contributed by atoms with van der Waals surface area (Å²) in [6.45, 7) is 1.98. The molecule has 0 amide bonds. The molecule has 2 aliphatic rings. The second kappa shape index (κ2) is 7.48. The van der Waals surface area contributed by atoms with Crippen molar-refractivity contribution in [3.8, 4) is 0 Å². The molecule has 3 rings (SSSR count). The van der Waals surface area contributed by atoms with E-state index in [1.807, 2.05) is 18.2 Å². The molecule has 1 spiro atoms. The van der Waals surface area contributed by atoms with Gasteiger partial charge >= 0.3 is 0 Å². The van der Waals surface area contributed by atoms with Crippen LogP contribution in [0.15, 0.2) is 18.2 Å². The maximum Gasteiger partial charge on any atom is 0.168 e. The number of hydrogen-bond donors (Lipinski definition) is 2. The Balaban J connectivity index is 1.94. The van der Waals surface area contributed by atoms with E-state index in [0.29, 0.717) is 36.2 Å². The van der Waals surface area contributed by atoms with Gasteiger partial charge in [-0.05, 0) is 54.8 Å². The molecule has 0 bridgehead atoms. The molecule has 0 radical (unpaired) electrons. The van der Waals surface area contributed by atoms with Crippen molar-refractivity contribution in [3.05, 3.63) is 33.8 Å². The second-order valence-electron chi connectivity index (χ2n) is 6.84. The normalized spacial score (nSPS) is 23.5. The lowest BCUT2D eigenvalue weighted by Crippen LogP contribution is -2.48. The van der Waals surface area contributed by atoms with E-state index in [-0.39, 0.29) is 17.9 Å². The van der Waals surface area contributed by atoms with Crippen molar-refractivity contribution >= 4 is 23.2 Å². The Bertz CT molecular complexity index is 565. The van der Waals surface area contributed by atoms with Crippen molar-refractivity contribution in [1.82, 2.24) is 0 Å². The van der Waals surface area contributed by atoms with Crippen LogP contribution in [0.25, 0.3) is 0 Å². The molecule has 1 atom stereocenters. The highest BCUT2D eigenvalue weighted by molar-refractivity contribution is 6.42. The molecule has 1 aromatic rings. The standard InChI is InChI=1S/C18H25Cl2NO3/c19-15-2-1-13(11-16(15)20)17(14(12-21)3-8-22)4-6-18(7-5-17)23-9-10-24-18/h1-2,11,14,22H,3-10,12,21H2. The van der Waals surface area contributed by atoms with Gasteiger partial charge in [0.25, 0.3) is 0 Å². The van der Waals surface area contributed by atoms with E-state index in [1.54, 1.807) is 0 Å². The summed E-state index contributed by atoms with van der Waals surface area (Å²) in [7, 11) is 0. The molecule has 4 nitrogen and oxygen atoms in total. The van der Waals surface area contributed by atoms with Crippen molar-refractivity contribution in [1.29, 1.82) is 0 Å². The van der Waals surface area contributed by atoms with Crippen molar-refractivity contribution in [2.45, 2.75) is 43.3 Å². The summed E-state index contributed by atoms with van der Waals surface area (Å²) in [5.74, 6) is -0.253. The average molecular weight is 374 g/mol. The summed E-state index contributed by atoms with van der Waals surface area (Å²) >= 11 is 12.4. The Morgan fingerprint density at radius 1 is 1.08 bits per heavy atom. The first-order valence-corrected chi connectivity index (χ1v) is 9.35. The molecule has 2 fully saturated rings. The van der Waals surface area contributed by atoms with Gasteiger partial charge in [0.2, 0.25) is 0 Å². The summed E-state index contributed by atoms with van der Waals surface area (Å²) in [4.78, 5) is 0. The number of benzene rings is 1. The minimum Gasteiger partial charge on any atom is -0.396 e. The van der Waals surface area contributed by atoms with E-state index >= 15 is 0 Å². The van der Waals surface area contributed by atoms with Crippen LogP contribution in [0.1, 0.15) is 37.7 Å². The summed E-state index contributed by atoms with van der Waals surface area (Å²) in [5.41, 5.74) is 7.11. The van der Waals surface area contributed by atoms with E-state index in [1.165, 1.54) is 0 Å². The molecule has 134 valence electrons. The summed E-state index contributed by atoms with van der Waals surface area (Å²) in [5, 5.41) is 10.6. The Hall–Kier alpha value is -0.360. The number of nitrogens with two attached hydrogens (primary N) is 1. The third-order valence-corrected chi connectivity index (χ3v) is 6.49. The molecule has 1 aliphatic carbocycles. The molecule has 1 aliphatic heterocycles. The van der Waals surface area contributed by atoms with Gasteiger partial charge in [-0.2, -0.15) is 0 Å². The quantitative estimate of drug-likeness (QED) is 0.828. The van der Waals surface area contributed by atoms with Gasteiger partial charge in [0.1, 0.15) is 0 Å². The van der Waals surface area contributed by atoms with Gasteiger partial charge in [-0.15, -0.1) is 0 Å². The van der Waals surface area contributed by atoms with Crippen molar-refractivity contribution in [2.24, 2.45) is 11.7 Å². The third-order valence-electron chi connectivity index (χ3n) is 5.76. The number of aliphatic hydroxyl groups excluding tert-OH is 1. The highest BCUT2D eigenvalue weighted by Gasteiger charge is 2.49. The van der Waals surface area contributed by atoms with Crippen molar-refractivity contribution in [2.75, 3.05) is 26.4 Å². The Morgan fingerprint density at radius 2 is 1.75 bits per heavy atom. The smallest absolute Gasteiger partial charge is 0.168 e. The van der Waals surface area contributed by atoms with Crippen LogP contribution in [0, 0.1) is 5.92 Å². The fraction of sp³-hybridized carbons (Fsp3) is 0.667. The first-order chi connectivity index (χ1) is 11.6. The Kier molecular flexibility index (Phi) is 5.75. The molecule has 1 aromatic carbocycles. The molecule has 6 heteroatoms. The van der Waals surface area contributed by atoms with Gasteiger partial charge < -0.3 is 20.3 Å². The lowest BCUT2D eigenvalue weighted by Gasteiger charge is -2.48. The van der Waals surface area contributed by atoms with Crippen LogP contribution in [0.3, 0.4) is 0 Å². The zero-order valence-corrected chi connectivity index (χ0v) is 15.3. The monoisotopic (exact) mass is 373 g/mol. The topological polar surface area (TPSA) is 64.7 Å². The fourth-order valence-corrected chi connectivity index (χ4v) is 4.67. The van der Waals surface area contributed by atoms with Crippen LogP contribution in [-0.2, 0) is 14.9 Å².